The van der Waals surface area contributed by atoms with Gasteiger partial charge in [0.15, 0.2) is 0 Å². The minimum absolute atomic E-state index is 0.176. The molecule has 3 rings (SSSR count). The first-order valence-electron chi connectivity index (χ1n) is 8.86. The van der Waals surface area contributed by atoms with Gasteiger partial charge in [-0.1, -0.05) is 0 Å². The Kier molecular flexibility index (Phi) is 5.27. The molecule has 25 heavy (non-hydrogen) atoms. The molecule has 6 heteroatoms. The predicted octanol–water partition coefficient (Wildman–Crippen LogP) is 2.55. The van der Waals surface area contributed by atoms with Crippen molar-refractivity contribution < 1.29 is 4.39 Å². The van der Waals surface area contributed by atoms with Crippen LogP contribution in [0.2, 0.25) is 0 Å². The molecule has 136 valence electrons. The van der Waals surface area contributed by atoms with E-state index in [0.29, 0.717) is 5.92 Å². The zero-order valence-electron chi connectivity index (χ0n) is 15.6. The fourth-order valence-electron chi connectivity index (χ4n) is 3.74. The molecule has 0 unspecified atom stereocenters. The molecule has 1 aliphatic rings. The van der Waals surface area contributed by atoms with Crippen LogP contribution in [-0.2, 0) is 13.6 Å². The number of benzene rings is 1. The van der Waals surface area contributed by atoms with Gasteiger partial charge >= 0.3 is 0 Å². The van der Waals surface area contributed by atoms with Gasteiger partial charge in [-0.05, 0) is 43.5 Å². The maximum Gasteiger partial charge on any atom is 0.130 e. The number of aromatic nitrogens is 2. The van der Waals surface area contributed by atoms with E-state index in [9.17, 15) is 4.39 Å². The Morgan fingerprint density at radius 3 is 2.68 bits per heavy atom. The third kappa shape index (κ3) is 3.95. The molecule has 1 aromatic carbocycles. The summed E-state index contributed by atoms with van der Waals surface area (Å²) in [5, 5.41) is 8.15. The highest BCUT2D eigenvalue weighted by atomic mass is 19.1. The Morgan fingerprint density at radius 1 is 1.28 bits per heavy atom. The van der Waals surface area contributed by atoms with Crippen LogP contribution in [0.15, 0.2) is 24.3 Å². The van der Waals surface area contributed by atoms with Gasteiger partial charge in [0.2, 0.25) is 0 Å². The SMILES string of the molecule is Cc1nn(C)c(N(C)C)c1CNC[C@@H]1CCN(c2ccc(F)cc2)C1. The predicted molar refractivity (Wildman–Crippen MR) is 101 cm³/mol. The molecule has 2 heterocycles. The topological polar surface area (TPSA) is 36.3 Å². The molecule has 2 aromatic rings. The zero-order chi connectivity index (χ0) is 18.0. The van der Waals surface area contributed by atoms with Gasteiger partial charge in [-0.15, -0.1) is 0 Å². The highest BCUT2D eigenvalue weighted by Gasteiger charge is 2.23. The van der Waals surface area contributed by atoms with E-state index in [-0.39, 0.29) is 5.82 Å². The van der Waals surface area contributed by atoms with Gasteiger partial charge in [0, 0.05) is 58.6 Å². The molecule has 1 aliphatic heterocycles. The van der Waals surface area contributed by atoms with Gasteiger partial charge in [-0.3, -0.25) is 4.68 Å². The monoisotopic (exact) mass is 345 g/mol. The summed E-state index contributed by atoms with van der Waals surface area (Å²) in [4.78, 5) is 4.45. The molecule has 1 aromatic heterocycles. The number of nitrogens with one attached hydrogen (secondary N) is 1. The second kappa shape index (κ2) is 7.44. The van der Waals surface area contributed by atoms with E-state index in [1.807, 2.05) is 23.9 Å². The minimum Gasteiger partial charge on any atom is -0.371 e. The van der Waals surface area contributed by atoms with Crippen LogP contribution in [0.4, 0.5) is 15.9 Å². The minimum atomic E-state index is -0.176. The quantitative estimate of drug-likeness (QED) is 0.873. The molecule has 0 aliphatic carbocycles. The molecule has 1 atom stereocenters. The molecule has 0 amide bonds. The van der Waals surface area contributed by atoms with Crippen molar-refractivity contribution in [3.05, 3.63) is 41.3 Å². The Hall–Kier alpha value is -2.08. The Balaban J connectivity index is 1.53. The van der Waals surface area contributed by atoms with Gasteiger partial charge in [-0.2, -0.15) is 5.10 Å². The van der Waals surface area contributed by atoms with Crippen LogP contribution in [0.3, 0.4) is 0 Å². The molecule has 0 radical (unpaired) electrons. The van der Waals surface area contributed by atoms with Crippen LogP contribution in [0, 0.1) is 18.7 Å². The summed E-state index contributed by atoms with van der Waals surface area (Å²) >= 11 is 0. The van der Waals surface area contributed by atoms with Crippen LogP contribution in [0.25, 0.3) is 0 Å². The Labute approximate surface area is 149 Å². The smallest absolute Gasteiger partial charge is 0.130 e. The van der Waals surface area contributed by atoms with Gasteiger partial charge < -0.3 is 15.1 Å². The lowest BCUT2D eigenvalue weighted by atomic mass is 10.1. The van der Waals surface area contributed by atoms with Gasteiger partial charge in [0.1, 0.15) is 11.6 Å². The summed E-state index contributed by atoms with van der Waals surface area (Å²) in [6.07, 6.45) is 1.16. The van der Waals surface area contributed by atoms with Crippen LogP contribution >= 0.6 is 0 Å². The van der Waals surface area contributed by atoms with Crippen LogP contribution < -0.4 is 15.1 Å². The van der Waals surface area contributed by atoms with E-state index in [2.05, 4.69) is 41.2 Å². The number of hydrogen-bond donors (Lipinski definition) is 1. The van der Waals surface area contributed by atoms with Crippen molar-refractivity contribution in [3.8, 4) is 0 Å². The van der Waals surface area contributed by atoms with Crippen molar-refractivity contribution in [2.45, 2.75) is 19.9 Å². The highest BCUT2D eigenvalue weighted by molar-refractivity contribution is 5.49. The van der Waals surface area contributed by atoms with Crippen molar-refractivity contribution in [3.63, 3.8) is 0 Å². The lowest BCUT2D eigenvalue weighted by molar-refractivity contribution is 0.516. The Bertz CT molecular complexity index is 707. The maximum absolute atomic E-state index is 13.1. The number of rotatable bonds is 6. The molecule has 0 spiro atoms. The van der Waals surface area contributed by atoms with Gasteiger partial charge in [-0.25, -0.2) is 4.39 Å². The van der Waals surface area contributed by atoms with Gasteiger partial charge in [0.25, 0.3) is 0 Å². The summed E-state index contributed by atoms with van der Waals surface area (Å²) in [6, 6.07) is 6.81. The van der Waals surface area contributed by atoms with Crippen molar-refractivity contribution in [1.82, 2.24) is 15.1 Å². The van der Waals surface area contributed by atoms with Crippen LogP contribution in [-0.4, -0.2) is 43.5 Å². The van der Waals surface area contributed by atoms with Crippen molar-refractivity contribution in [2.24, 2.45) is 13.0 Å². The van der Waals surface area contributed by atoms with Crippen molar-refractivity contribution in [2.75, 3.05) is 43.5 Å². The van der Waals surface area contributed by atoms with E-state index < -0.39 is 0 Å². The largest absolute Gasteiger partial charge is 0.371 e. The molecule has 1 saturated heterocycles. The zero-order valence-corrected chi connectivity index (χ0v) is 15.6. The normalized spacial score (nSPS) is 17.3. The number of halogens is 1. The average Bonchev–Trinajstić information content (AvgIpc) is 3.13. The lowest BCUT2D eigenvalue weighted by Crippen LogP contribution is -2.27. The van der Waals surface area contributed by atoms with Crippen LogP contribution in [0.1, 0.15) is 17.7 Å². The number of aryl methyl sites for hydroxylation is 2. The third-order valence-electron chi connectivity index (χ3n) is 4.95. The summed E-state index contributed by atoms with van der Waals surface area (Å²) < 4.78 is 15.0. The first kappa shape index (κ1) is 17.7. The van der Waals surface area contributed by atoms with Crippen molar-refractivity contribution in [1.29, 1.82) is 0 Å². The summed E-state index contributed by atoms with van der Waals surface area (Å²) in [7, 11) is 6.10. The summed E-state index contributed by atoms with van der Waals surface area (Å²) in [5.74, 6) is 1.60. The Morgan fingerprint density at radius 2 is 2.00 bits per heavy atom. The first-order chi connectivity index (χ1) is 12.0. The summed E-state index contributed by atoms with van der Waals surface area (Å²) in [5.41, 5.74) is 3.46. The molecule has 1 N–H and O–H groups in total. The molecular weight excluding hydrogens is 317 g/mol. The summed E-state index contributed by atoms with van der Waals surface area (Å²) in [6.45, 7) is 5.94. The van der Waals surface area contributed by atoms with E-state index in [1.165, 1.54) is 17.7 Å². The molecule has 0 bridgehead atoms. The van der Waals surface area contributed by atoms with E-state index in [1.54, 1.807) is 0 Å². The molecule has 5 nitrogen and oxygen atoms in total. The highest BCUT2D eigenvalue weighted by Crippen LogP contribution is 2.24. The number of anilines is 2. The van der Waals surface area contributed by atoms with E-state index in [4.69, 9.17) is 0 Å². The third-order valence-corrected chi connectivity index (χ3v) is 4.95. The molecule has 0 saturated carbocycles. The van der Waals surface area contributed by atoms with Crippen molar-refractivity contribution >= 4 is 11.5 Å². The first-order valence-corrected chi connectivity index (χ1v) is 8.86. The maximum atomic E-state index is 13.1. The van der Waals surface area contributed by atoms with E-state index in [0.717, 1.165) is 49.8 Å². The fourth-order valence-corrected chi connectivity index (χ4v) is 3.74. The second-order valence-electron chi connectivity index (χ2n) is 7.11. The average molecular weight is 345 g/mol. The number of nitrogens with zero attached hydrogens (tertiary/aromatic N) is 4. The van der Waals surface area contributed by atoms with Crippen LogP contribution in [0.5, 0.6) is 0 Å². The second-order valence-corrected chi connectivity index (χ2v) is 7.11. The van der Waals surface area contributed by atoms with E-state index >= 15 is 0 Å². The molecular formula is C19H28FN5. The number of hydrogen-bond acceptors (Lipinski definition) is 4. The lowest BCUT2D eigenvalue weighted by Gasteiger charge is -2.19. The molecule has 1 fully saturated rings. The fraction of sp³-hybridized carbons (Fsp3) is 0.526. The standard InChI is InChI=1S/C19H28FN5/c1-14-18(19(23(2)3)24(4)22-14)12-21-11-15-9-10-25(13-15)17-7-5-16(20)6-8-17/h5-8,15,21H,9-13H2,1-4H3/t15-/m0/s1. The van der Waals surface area contributed by atoms with Gasteiger partial charge in [0.05, 0.1) is 5.69 Å².